The molecule has 2 amide bonds. The Morgan fingerprint density at radius 3 is 2.62 bits per heavy atom. The summed E-state index contributed by atoms with van der Waals surface area (Å²) in [4.78, 5) is 29.6. The summed E-state index contributed by atoms with van der Waals surface area (Å²) in [6.07, 6.45) is 3.77. The smallest absolute Gasteiger partial charge is 0.243 e. The van der Waals surface area contributed by atoms with E-state index in [2.05, 4.69) is 30.1 Å². The molecule has 0 bridgehead atoms. The molecule has 0 spiro atoms. The zero-order valence-corrected chi connectivity index (χ0v) is 16.5. The van der Waals surface area contributed by atoms with Crippen LogP contribution in [0, 0.1) is 0 Å². The van der Waals surface area contributed by atoms with E-state index in [4.69, 9.17) is 0 Å². The Bertz CT molecular complexity index is 599. The molecule has 0 saturated carbocycles. The van der Waals surface area contributed by atoms with E-state index in [-0.39, 0.29) is 11.8 Å². The van der Waals surface area contributed by atoms with Crippen molar-refractivity contribution in [3.63, 3.8) is 0 Å². The van der Waals surface area contributed by atoms with Crippen LogP contribution in [-0.2, 0) is 16.0 Å². The molecule has 1 heterocycles. The standard InChI is InChI=1S/C21H33N3O2/c1-4-18(21(26)22-15-10-16-23(5-2)6-3)24-19-13-8-7-11-17(19)12-9-14-20(24)25/h7-8,11,13,18H,4-6,9-10,12,14-16H2,1-3H3,(H,22,26). The van der Waals surface area contributed by atoms with Gasteiger partial charge in [0.2, 0.25) is 11.8 Å². The third kappa shape index (κ3) is 5.07. The van der Waals surface area contributed by atoms with Gasteiger partial charge in [0, 0.05) is 18.7 Å². The van der Waals surface area contributed by atoms with Crippen molar-refractivity contribution in [2.45, 2.75) is 58.9 Å². The summed E-state index contributed by atoms with van der Waals surface area (Å²) in [6, 6.07) is 7.54. The highest BCUT2D eigenvalue weighted by Gasteiger charge is 2.32. The van der Waals surface area contributed by atoms with Crippen LogP contribution >= 0.6 is 0 Å². The number of aryl methyl sites for hydroxylation is 1. The Labute approximate surface area is 157 Å². The maximum absolute atomic E-state index is 12.8. The van der Waals surface area contributed by atoms with Gasteiger partial charge in [-0.1, -0.05) is 39.0 Å². The molecule has 2 rings (SSSR count). The lowest BCUT2D eigenvalue weighted by molar-refractivity contribution is -0.126. The molecule has 1 aliphatic rings. The molecule has 0 saturated heterocycles. The Hall–Kier alpha value is -1.88. The molecule has 0 aromatic heterocycles. The lowest BCUT2D eigenvalue weighted by atomic mass is 10.1. The topological polar surface area (TPSA) is 52.7 Å². The maximum Gasteiger partial charge on any atom is 0.243 e. The number of benzene rings is 1. The minimum Gasteiger partial charge on any atom is -0.354 e. The lowest BCUT2D eigenvalue weighted by Crippen LogP contribution is -2.50. The molecule has 0 radical (unpaired) electrons. The molecule has 0 aliphatic carbocycles. The van der Waals surface area contributed by atoms with Crippen molar-refractivity contribution in [2.24, 2.45) is 0 Å². The van der Waals surface area contributed by atoms with E-state index in [1.807, 2.05) is 25.1 Å². The summed E-state index contributed by atoms with van der Waals surface area (Å²) < 4.78 is 0. The van der Waals surface area contributed by atoms with Gasteiger partial charge in [-0.2, -0.15) is 0 Å². The first-order chi connectivity index (χ1) is 12.6. The number of amides is 2. The molecule has 5 heteroatoms. The fourth-order valence-electron chi connectivity index (χ4n) is 3.64. The van der Waals surface area contributed by atoms with Crippen LogP contribution in [0.3, 0.4) is 0 Å². The number of anilines is 1. The average molecular weight is 360 g/mol. The molecule has 1 aromatic rings. The molecule has 0 fully saturated rings. The van der Waals surface area contributed by atoms with Gasteiger partial charge in [-0.05, 0) is 56.9 Å². The van der Waals surface area contributed by atoms with E-state index in [0.29, 0.717) is 19.4 Å². The van der Waals surface area contributed by atoms with Gasteiger partial charge in [0.15, 0.2) is 0 Å². The monoisotopic (exact) mass is 359 g/mol. The number of carbonyl (C=O) groups is 2. The van der Waals surface area contributed by atoms with E-state index in [0.717, 1.165) is 50.1 Å². The van der Waals surface area contributed by atoms with E-state index < -0.39 is 6.04 Å². The van der Waals surface area contributed by atoms with Gasteiger partial charge in [0.05, 0.1) is 0 Å². The fraction of sp³-hybridized carbons (Fsp3) is 0.619. The van der Waals surface area contributed by atoms with E-state index in [9.17, 15) is 9.59 Å². The first kappa shape index (κ1) is 20.4. The number of hydrogen-bond donors (Lipinski definition) is 1. The van der Waals surface area contributed by atoms with Gasteiger partial charge in [-0.3, -0.25) is 14.5 Å². The molecular formula is C21H33N3O2. The second kappa shape index (κ2) is 10.3. The summed E-state index contributed by atoms with van der Waals surface area (Å²) in [5.74, 6) is 0.0113. The predicted octanol–water partition coefficient (Wildman–Crippen LogP) is 2.98. The maximum atomic E-state index is 12.8. The summed E-state index contributed by atoms with van der Waals surface area (Å²) in [5, 5.41) is 3.05. The number of carbonyl (C=O) groups excluding carboxylic acids is 2. The zero-order valence-electron chi connectivity index (χ0n) is 16.5. The number of nitrogens with zero attached hydrogens (tertiary/aromatic N) is 2. The zero-order chi connectivity index (χ0) is 18.9. The molecule has 144 valence electrons. The highest BCUT2D eigenvalue weighted by Crippen LogP contribution is 2.29. The third-order valence-electron chi connectivity index (χ3n) is 5.20. The molecule has 1 unspecified atom stereocenters. The van der Waals surface area contributed by atoms with Gasteiger partial charge in [0.25, 0.3) is 0 Å². The normalized spacial score (nSPS) is 15.5. The summed E-state index contributed by atoms with van der Waals surface area (Å²) in [5.41, 5.74) is 2.06. The number of nitrogens with one attached hydrogen (secondary N) is 1. The van der Waals surface area contributed by atoms with E-state index in [1.165, 1.54) is 0 Å². The fourth-order valence-corrected chi connectivity index (χ4v) is 3.64. The predicted molar refractivity (Wildman–Crippen MR) is 106 cm³/mol. The van der Waals surface area contributed by atoms with Crippen LogP contribution < -0.4 is 10.2 Å². The van der Waals surface area contributed by atoms with Crippen molar-refractivity contribution in [3.05, 3.63) is 29.8 Å². The molecule has 5 nitrogen and oxygen atoms in total. The first-order valence-corrected chi connectivity index (χ1v) is 10.0. The quantitative estimate of drug-likeness (QED) is 0.690. The van der Waals surface area contributed by atoms with Crippen LogP contribution in [-0.4, -0.2) is 48.9 Å². The Kier molecular flexibility index (Phi) is 8.10. The van der Waals surface area contributed by atoms with Gasteiger partial charge in [0.1, 0.15) is 6.04 Å². The van der Waals surface area contributed by atoms with Crippen molar-refractivity contribution in [1.29, 1.82) is 0 Å². The molecule has 1 atom stereocenters. The SMILES string of the molecule is CCC(C(=O)NCCCN(CC)CC)N1C(=O)CCCc2ccccc21. The molecule has 26 heavy (non-hydrogen) atoms. The van der Waals surface area contributed by atoms with Crippen LogP contribution in [0.4, 0.5) is 5.69 Å². The van der Waals surface area contributed by atoms with Crippen molar-refractivity contribution >= 4 is 17.5 Å². The molecule has 1 aromatic carbocycles. The largest absolute Gasteiger partial charge is 0.354 e. The number of fused-ring (bicyclic) bond motifs is 1. The average Bonchev–Trinajstić information content (AvgIpc) is 2.82. The van der Waals surface area contributed by atoms with Crippen molar-refractivity contribution in [2.75, 3.05) is 31.1 Å². The highest BCUT2D eigenvalue weighted by molar-refractivity contribution is 6.01. The van der Waals surface area contributed by atoms with Crippen molar-refractivity contribution < 1.29 is 9.59 Å². The van der Waals surface area contributed by atoms with Crippen LogP contribution in [0.5, 0.6) is 0 Å². The number of hydrogen-bond acceptors (Lipinski definition) is 3. The Morgan fingerprint density at radius 1 is 1.19 bits per heavy atom. The highest BCUT2D eigenvalue weighted by atomic mass is 16.2. The van der Waals surface area contributed by atoms with Crippen molar-refractivity contribution in [3.8, 4) is 0 Å². The second-order valence-corrected chi connectivity index (χ2v) is 6.84. The minimum atomic E-state index is -0.435. The molecular weight excluding hydrogens is 326 g/mol. The molecule has 1 N–H and O–H groups in total. The van der Waals surface area contributed by atoms with E-state index >= 15 is 0 Å². The van der Waals surface area contributed by atoms with Crippen LogP contribution in [0.25, 0.3) is 0 Å². The molecule has 1 aliphatic heterocycles. The summed E-state index contributed by atoms with van der Waals surface area (Å²) in [7, 11) is 0. The van der Waals surface area contributed by atoms with Crippen molar-refractivity contribution in [1.82, 2.24) is 10.2 Å². The van der Waals surface area contributed by atoms with Gasteiger partial charge in [-0.15, -0.1) is 0 Å². The Morgan fingerprint density at radius 2 is 1.92 bits per heavy atom. The summed E-state index contributed by atoms with van der Waals surface area (Å²) in [6.45, 7) is 9.96. The van der Waals surface area contributed by atoms with Gasteiger partial charge >= 0.3 is 0 Å². The number of para-hydroxylation sites is 1. The second-order valence-electron chi connectivity index (χ2n) is 6.84. The number of rotatable bonds is 9. The first-order valence-electron chi connectivity index (χ1n) is 10.0. The van der Waals surface area contributed by atoms with Gasteiger partial charge < -0.3 is 10.2 Å². The minimum absolute atomic E-state index is 0.0444. The lowest BCUT2D eigenvalue weighted by Gasteiger charge is -2.30. The van der Waals surface area contributed by atoms with Crippen LogP contribution in [0.2, 0.25) is 0 Å². The third-order valence-corrected chi connectivity index (χ3v) is 5.20. The van der Waals surface area contributed by atoms with Crippen LogP contribution in [0.15, 0.2) is 24.3 Å². The Balaban J connectivity index is 2.04. The van der Waals surface area contributed by atoms with Gasteiger partial charge in [-0.25, -0.2) is 0 Å². The summed E-state index contributed by atoms with van der Waals surface area (Å²) >= 11 is 0. The van der Waals surface area contributed by atoms with Crippen LogP contribution in [0.1, 0.15) is 52.0 Å². The van der Waals surface area contributed by atoms with E-state index in [1.54, 1.807) is 4.90 Å².